The van der Waals surface area contributed by atoms with Crippen LogP contribution >= 0.6 is 0 Å². The van der Waals surface area contributed by atoms with Crippen LogP contribution in [0.4, 0.5) is 4.79 Å². The van der Waals surface area contributed by atoms with Crippen LogP contribution in [0.3, 0.4) is 0 Å². The van der Waals surface area contributed by atoms with Crippen molar-refractivity contribution >= 4 is 55.8 Å². The smallest absolute Gasteiger partial charge is 0.550 e. The zero-order valence-electron chi connectivity index (χ0n) is 7.14. The summed E-state index contributed by atoms with van der Waals surface area (Å²) in [6.07, 6.45) is -1.83. The molecule has 0 aromatic rings. The second kappa shape index (κ2) is 17.5. The molecule has 0 rings (SSSR count). The molecule has 0 fully saturated rings. The molecular weight excluding hydrogens is 212 g/mol. The summed E-state index contributed by atoms with van der Waals surface area (Å²) in [6, 6.07) is 0. The van der Waals surface area contributed by atoms with Crippen molar-refractivity contribution < 1.29 is 34.8 Å². The van der Waals surface area contributed by atoms with Gasteiger partial charge in [0.25, 0.3) is 0 Å². The van der Waals surface area contributed by atoms with Gasteiger partial charge >= 0.3 is 43.9 Å². The van der Waals surface area contributed by atoms with Crippen LogP contribution in [-0.2, 0) is 9.59 Å². The first-order valence-corrected chi connectivity index (χ1v) is 2.47. The van der Waals surface area contributed by atoms with Gasteiger partial charge in [-0.15, -0.1) is 0 Å². The summed E-state index contributed by atoms with van der Waals surface area (Å²) in [6.45, 7) is 1.94. The van der Waals surface area contributed by atoms with Crippen LogP contribution in [-0.4, -0.2) is 66.0 Å². The predicted octanol–water partition coefficient (Wildman–Crippen LogP) is -2.65. The minimum atomic E-state index is -1.83. The Morgan fingerprint density at radius 3 is 0.923 bits per heavy atom. The summed E-state index contributed by atoms with van der Waals surface area (Å²) in [5.41, 5.74) is 0. The molecule has 0 unspecified atom stereocenters. The first kappa shape index (κ1) is 22.9. The maximum absolute atomic E-state index is 8.89. The van der Waals surface area contributed by atoms with Gasteiger partial charge in [0, 0.05) is 11.9 Å². The van der Waals surface area contributed by atoms with Crippen LogP contribution in [0.2, 0.25) is 0 Å². The van der Waals surface area contributed by atoms with Gasteiger partial charge in [-0.1, -0.05) is 0 Å². The summed E-state index contributed by atoms with van der Waals surface area (Å²) >= 11 is 0. The fourth-order valence-corrected chi connectivity index (χ4v) is 0. The largest absolute Gasteiger partial charge is 2.00 e. The Bertz CT molecular complexity index is 114. The van der Waals surface area contributed by atoms with Crippen molar-refractivity contribution in [1.82, 2.24) is 0 Å². The number of carbonyl (C=O) groups is 3. The molecule has 0 aliphatic heterocycles. The number of rotatable bonds is 0. The van der Waals surface area contributed by atoms with Gasteiger partial charge in [-0.2, -0.15) is 0 Å². The van der Waals surface area contributed by atoms with Gasteiger partial charge in [-0.3, -0.25) is 0 Å². The van der Waals surface area contributed by atoms with E-state index >= 15 is 0 Å². The Morgan fingerprint density at radius 2 is 0.923 bits per heavy atom. The van der Waals surface area contributed by atoms with E-state index in [2.05, 4.69) is 0 Å². The van der Waals surface area contributed by atoms with E-state index in [9.17, 15) is 0 Å². The summed E-state index contributed by atoms with van der Waals surface area (Å²) < 4.78 is 0. The van der Waals surface area contributed by atoms with E-state index in [1.807, 2.05) is 0 Å². The van der Waals surface area contributed by atoms with Gasteiger partial charge in [-0.05, 0) is 13.8 Å². The molecule has 7 nitrogen and oxygen atoms in total. The Kier molecular flexibility index (Phi) is 30.8. The van der Waals surface area contributed by atoms with E-state index < -0.39 is 18.1 Å². The zero-order chi connectivity index (χ0) is 10.7. The number of hydrogen-bond acceptors (Lipinski definition) is 5. The molecule has 0 heterocycles. The van der Waals surface area contributed by atoms with Gasteiger partial charge in [-0.25, -0.2) is 4.79 Å². The number of aliphatic carboxylic acids is 2. The van der Waals surface area contributed by atoms with Crippen LogP contribution < -0.4 is 10.2 Å². The van der Waals surface area contributed by atoms with Gasteiger partial charge in [0.15, 0.2) is 0 Å². The van der Waals surface area contributed by atoms with Crippen LogP contribution in [0.15, 0.2) is 0 Å². The first-order valence-electron chi connectivity index (χ1n) is 2.47. The molecule has 0 saturated carbocycles. The number of carbonyl (C=O) groups excluding carboxylic acids is 2. The SMILES string of the molecule is CC(=O)[O-].CC(=O)[O-].O=C(O)O.[Ca+2]. The molecule has 13 heavy (non-hydrogen) atoms. The van der Waals surface area contributed by atoms with Crippen molar-refractivity contribution in [3.8, 4) is 0 Å². The van der Waals surface area contributed by atoms with E-state index in [1.165, 1.54) is 0 Å². The molecule has 0 aromatic heterocycles. The predicted molar refractivity (Wildman–Crippen MR) is 37.8 cm³/mol. The molecule has 8 heteroatoms. The zero-order valence-corrected chi connectivity index (χ0v) is 9.35. The molecule has 0 aliphatic rings. The third-order valence-corrected chi connectivity index (χ3v) is 0. The van der Waals surface area contributed by atoms with E-state index in [0.29, 0.717) is 0 Å². The second-order valence-corrected chi connectivity index (χ2v) is 1.27. The monoisotopic (exact) mass is 220 g/mol. The van der Waals surface area contributed by atoms with E-state index in [1.54, 1.807) is 0 Å². The number of hydrogen-bond donors (Lipinski definition) is 2. The Labute approximate surface area is 104 Å². The Morgan fingerprint density at radius 1 is 0.923 bits per heavy atom. The topological polar surface area (TPSA) is 138 Å². The average Bonchev–Trinajstić information content (AvgIpc) is 1.54. The van der Waals surface area contributed by atoms with Gasteiger partial charge in [0.1, 0.15) is 0 Å². The molecule has 0 saturated heterocycles. The van der Waals surface area contributed by atoms with Gasteiger partial charge in [0.05, 0.1) is 0 Å². The number of carboxylic acid groups (broad SMARTS) is 4. The van der Waals surface area contributed by atoms with Crippen molar-refractivity contribution in [2.45, 2.75) is 13.8 Å². The third kappa shape index (κ3) is 3660. The molecule has 0 amide bonds. The minimum Gasteiger partial charge on any atom is -0.550 e. The van der Waals surface area contributed by atoms with Crippen LogP contribution in [0.1, 0.15) is 13.8 Å². The van der Waals surface area contributed by atoms with Crippen molar-refractivity contribution in [2.24, 2.45) is 0 Å². The molecule has 0 aliphatic carbocycles. The Hall–Kier alpha value is -0.530. The number of carboxylic acids is 2. The quantitative estimate of drug-likeness (QED) is 0.425. The van der Waals surface area contributed by atoms with Crippen molar-refractivity contribution in [1.29, 1.82) is 0 Å². The normalized spacial score (nSPS) is 5.69. The van der Waals surface area contributed by atoms with Gasteiger partial charge < -0.3 is 30.0 Å². The Balaban J connectivity index is -0.0000000450. The molecule has 0 aromatic carbocycles. The maximum Gasteiger partial charge on any atom is 2.00 e. The first-order chi connectivity index (χ1) is 5.20. The van der Waals surface area contributed by atoms with Crippen LogP contribution in [0, 0.1) is 0 Å². The van der Waals surface area contributed by atoms with Crippen molar-refractivity contribution in [3.05, 3.63) is 0 Å². The summed E-state index contributed by atoms with van der Waals surface area (Å²) in [5.74, 6) is -2.17. The standard InChI is InChI=1S/2C2H4O2.CH2O3.Ca/c2*1-2(3)4;2-1(3)4;/h2*1H3,(H,3,4);(H2,2,3,4);/q;;;+2/p-2. The fraction of sp³-hybridized carbons (Fsp3) is 0.400. The molecule has 72 valence electrons. The average molecular weight is 220 g/mol. The summed E-state index contributed by atoms with van der Waals surface area (Å²) in [5, 5.41) is 31.7. The van der Waals surface area contributed by atoms with Crippen molar-refractivity contribution in [2.75, 3.05) is 0 Å². The van der Waals surface area contributed by atoms with E-state index in [0.717, 1.165) is 13.8 Å². The van der Waals surface area contributed by atoms with Crippen LogP contribution in [0.25, 0.3) is 0 Å². The van der Waals surface area contributed by atoms with E-state index in [4.69, 9.17) is 34.8 Å². The van der Waals surface area contributed by atoms with E-state index in [-0.39, 0.29) is 37.7 Å². The third-order valence-electron chi connectivity index (χ3n) is 0. The molecular formula is C5H8CaO7. The molecule has 0 spiro atoms. The molecule has 2 N–H and O–H groups in total. The minimum absolute atomic E-state index is 0. The maximum atomic E-state index is 8.89. The summed E-state index contributed by atoms with van der Waals surface area (Å²) in [4.78, 5) is 26.3. The summed E-state index contributed by atoms with van der Waals surface area (Å²) in [7, 11) is 0. The van der Waals surface area contributed by atoms with Gasteiger partial charge in [0.2, 0.25) is 0 Å². The second-order valence-electron chi connectivity index (χ2n) is 1.27. The molecule has 0 radical (unpaired) electrons. The molecule has 0 atom stereocenters. The molecule has 0 bridgehead atoms. The van der Waals surface area contributed by atoms with Crippen LogP contribution in [0.5, 0.6) is 0 Å². The van der Waals surface area contributed by atoms with Crippen molar-refractivity contribution in [3.63, 3.8) is 0 Å². The fourth-order valence-electron chi connectivity index (χ4n) is 0.